The van der Waals surface area contributed by atoms with Gasteiger partial charge in [0.05, 0.1) is 6.61 Å². The number of fused-ring (bicyclic) bond motifs is 1. The number of nitrogens with one attached hydrogen (secondary N) is 1. The van der Waals surface area contributed by atoms with Gasteiger partial charge in [0.25, 0.3) is 0 Å². The topological polar surface area (TPSA) is 21.3 Å². The summed E-state index contributed by atoms with van der Waals surface area (Å²) >= 11 is 0. The van der Waals surface area contributed by atoms with Gasteiger partial charge >= 0.3 is 0 Å². The van der Waals surface area contributed by atoms with Crippen molar-refractivity contribution in [2.75, 3.05) is 13.2 Å². The largest absolute Gasteiger partial charge is 0.381 e. The third-order valence-electron chi connectivity index (χ3n) is 5.15. The Hall–Kier alpha value is -0.0800. The molecule has 0 spiro atoms. The maximum Gasteiger partial charge on any atom is 0.0509 e. The fraction of sp³-hybridized carbons (Fsp3) is 0.933. The molecule has 0 unspecified atom stereocenters. The van der Waals surface area contributed by atoms with Gasteiger partial charge in [-0.3, -0.25) is 0 Å². The smallest absolute Gasteiger partial charge is 0.0509 e. The molecule has 1 radical (unpaired) electrons. The molecule has 1 N–H and O–H groups in total. The van der Waals surface area contributed by atoms with Crippen LogP contribution in [0.5, 0.6) is 0 Å². The van der Waals surface area contributed by atoms with Crippen molar-refractivity contribution in [3.8, 4) is 0 Å². The van der Waals surface area contributed by atoms with Crippen molar-refractivity contribution in [2.45, 2.75) is 64.0 Å². The molecule has 3 fully saturated rings. The molecule has 0 bridgehead atoms. The van der Waals surface area contributed by atoms with E-state index in [2.05, 4.69) is 12.2 Å². The summed E-state index contributed by atoms with van der Waals surface area (Å²) < 4.78 is 5.60. The van der Waals surface area contributed by atoms with Crippen LogP contribution in [0.15, 0.2) is 0 Å². The molecule has 2 heteroatoms. The van der Waals surface area contributed by atoms with Crippen molar-refractivity contribution in [3.63, 3.8) is 0 Å². The van der Waals surface area contributed by atoms with E-state index in [1.165, 1.54) is 44.9 Å². The van der Waals surface area contributed by atoms with Crippen LogP contribution in [0.2, 0.25) is 0 Å². The summed E-state index contributed by atoms with van der Waals surface area (Å²) in [7, 11) is 0. The Morgan fingerprint density at radius 2 is 2.29 bits per heavy atom. The van der Waals surface area contributed by atoms with Gasteiger partial charge in [-0.2, -0.15) is 0 Å². The minimum atomic E-state index is 0.721. The quantitative estimate of drug-likeness (QED) is 0.813. The highest BCUT2D eigenvalue weighted by atomic mass is 16.5. The second-order valence-corrected chi connectivity index (χ2v) is 6.19. The Kier molecular flexibility index (Phi) is 3.72. The molecule has 0 aromatic rings. The molecule has 0 amide bonds. The van der Waals surface area contributed by atoms with E-state index in [1.54, 1.807) is 0 Å². The lowest BCUT2D eigenvalue weighted by Crippen LogP contribution is -2.46. The summed E-state index contributed by atoms with van der Waals surface area (Å²) in [4.78, 5) is 0. The van der Waals surface area contributed by atoms with Crippen LogP contribution < -0.4 is 5.32 Å². The van der Waals surface area contributed by atoms with Gasteiger partial charge in [0.1, 0.15) is 0 Å². The third-order valence-corrected chi connectivity index (χ3v) is 5.15. The predicted octanol–water partition coefficient (Wildman–Crippen LogP) is 2.93. The lowest BCUT2D eigenvalue weighted by molar-refractivity contribution is 0.0274. The van der Waals surface area contributed by atoms with E-state index in [4.69, 9.17) is 4.74 Å². The van der Waals surface area contributed by atoms with Gasteiger partial charge in [-0.15, -0.1) is 0 Å². The summed E-state index contributed by atoms with van der Waals surface area (Å²) in [6, 6.07) is 1.51. The highest BCUT2D eigenvalue weighted by Crippen LogP contribution is 2.45. The predicted molar refractivity (Wildman–Crippen MR) is 69.7 cm³/mol. The molecule has 1 aliphatic heterocycles. The van der Waals surface area contributed by atoms with E-state index in [-0.39, 0.29) is 0 Å². The molecule has 2 saturated carbocycles. The standard InChI is InChI=1S/C15H26NO/c1-2-11-10-17-7-6-15(11)16-14-8-12-4-3-5-13(12)9-14/h11-12,14-16H,2-10H2,1H3/t11-,12-,14+,15+/m1/s1. The zero-order valence-electron chi connectivity index (χ0n) is 11.1. The van der Waals surface area contributed by atoms with E-state index in [1.807, 2.05) is 5.92 Å². The normalized spacial score (nSPS) is 42.9. The first kappa shape index (κ1) is 12.0. The van der Waals surface area contributed by atoms with Crippen LogP contribution >= 0.6 is 0 Å². The summed E-state index contributed by atoms with van der Waals surface area (Å²) in [5.41, 5.74) is 0. The number of ether oxygens (including phenoxy) is 1. The van der Waals surface area contributed by atoms with Crippen LogP contribution in [0.4, 0.5) is 0 Å². The van der Waals surface area contributed by atoms with Crippen molar-refractivity contribution >= 4 is 0 Å². The lowest BCUT2D eigenvalue weighted by Gasteiger charge is -2.34. The van der Waals surface area contributed by atoms with Gasteiger partial charge in [0.15, 0.2) is 0 Å². The minimum Gasteiger partial charge on any atom is -0.381 e. The molecule has 0 aromatic carbocycles. The molecule has 2 aliphatic carbocycles. The van der Waals surface area contributed by atoms with Crippen molar-refractivity contribution < 1.29 is 4.74 Å². The highest BCUT2D eigenvalue weighted by Gasteiger charge is 2.39. The fourth-order valence-corrected chi connectivity index (χ4v) is 4.13. The molecule has 3 aliphatic rings. The van der Waals surface area contributed by atoms with Crippen LogP contribution in [0.25, 0.3) is 0 Å². The van der Waals surface area contributed by atoms with Crippen molar-refractivity contribution in [1.29, 1.82) is 0 Å². The van der Waals surface area contributed by atoms with Crippen molar-refractivity contribution in [3.05, 3.63) is 5.92 Å². The molecule has 17 heavy (non-hydrogen) atoms. The molecule has 4 atom stereocenters. The molecule has 3 rings (SSSR count). The first-order valence-corrected chi connectivity index (χ1v) is 7.55. The average Bonchev–Trinajstić information content (AvgIpc) is 2.90. The van der Waals surface area contributed by atoms with E-state index in [0.717, 1.165) is 37.1 Å². The average molecular weight is 236 g/mol. The second-order valence-electron chi connectivity index (χ2n) is 6.19. The second kappa shape index (κ2) is 5.27. The van der Waals surface area contributed by atoms with Gasteiger partial charge in [-0.25, -0.2) is 0 Å². The monoisotopic (exact) mass is 236 g/mol. The Morgan fingerprint density at radius 3 is 3.12 bits per heavy atom. The minimum absolute atomic E-state index is 0.721. The summed E-state index contributed by atoms with van der Waals surface area (Å²) in [6.07, 6.45) is 9.62. The fourth-order valence-electron chi connectivity index (χ4n) is 4.13. The Bertz CT molecular complexity index is 243. The first-order chi connectivity index (χ1) is 8.36. The third kappa shape index (κ3) is 2.53. The maximum atomic E-state index is 5.60. The van der Waals surface area contributed by atoms with Gasteiger partial charge in [-0.1, -0.05) is 13.3 Å². The van der Waals surface area contributed by atoms with E-state index in [9.17, 15) is 0 Å². The van der Waals surface area contributed by atoms with E-state index >= 15 is 0 Å². The highest BCUT2D eigenvalue weighted by molar-refractivity contribution is 5.11. The van der Waals surface area contributed by atoms with Crippen LogP contribution in [0, 0.1) is 17.8 Å². The zero-order valence-corrected chi connectivity index (χ0v) is 11.1. The number of hydrogen-bond donors (Lipinski definition) is 1. The van der Waals surface area contributed by atoms with Gasteiger partial charge in [-0.05, 0) is 56.3 Å². The van der Waals surface area contributed by atoms with E-state index in [0.29, 0.717) is 0 Å². The Labute approximate surface area is 105 Å². The molecule has 1 saturated heterocycles. The lowest BCUT2D eigenvalue weighted by atomic mass is 9.92. The number of rotatable bonds is 3. The van der Waals surface area contributed by atoms with Gasteiger partial charge < -0.3 is 10.1 Å². The molecule has 0 aromatic heterocycles. The van der Waals surface area contributed by atoms with Crippen LogP contribution in [0.1, 0.15) is 51.9 Å². The maximum absolute atomic E-state index is 5.60. The van der Waals surface area contributed by atoms with E-state index < -0.39 is 0 Å². The van der Waals surface area contributed by atoms with Crippen LogP contribution in [0.3, 0.4) is 0 Å². The number of hydrogen-bond acceptors (Lipinski definition) is 2. The molecule has 1 heterocycles. The molecular formula is C15H26NO. The summed E-state index contributed by atoms with van der Waals surface area (Å²) in [5, 5.41) is 3.95. The van der Waals surface area contributed by atoms with Crippen LogP contribution in [-0.4, -0.2) is 25.3 Å². The van der Waals surface area contributed by atoms with Crippen molar-refractivity contribution in [1.82, 2.24) is 5.32 Å². The van der Waals surface area contributed by atoms with Crippen molar-refractivity contribution in [2.24, 2.45) is 11.8 Å². The van der Waals surface area contributed by atoms with Crippen LogP contribution in [-0.2, 0) is 4.74 Å². The Balaban J connectivity index is 1.52. The van der Waals surface area contributed by atoms with Gasteiger partial charge in [0.2, 0.25) is 0 Å². The zero-order chi connectivity index (χ0) is 11.7. The molecular weight excluding hydrogens is 210 g/mol. The Morgan fingerprint density at radius 1 is 1.35 bits per heavy atom. The molecule has 97 valence electrons. The first-order valence-electron chi connectivity index (χ1n) is 7.55. The molecule has 2 nitrogen and oxygen atoms in total. The van der Waals surface area contributed by atoms with Gasteiger partial charge in [0, 0.05) is 18.7 Å². The summed E-state index contributed by atoms with van der Waals surface area (Å²) in [6.45, 7) is 4.23. The SMILES string of the molecule is CC[C@@H]1COCC[C@@H]1N[C@@H]1C[C]2CCC[C@@H]2C1. The summed E-state index contributed by atoms with van der Waals surface area (Å²) in [5.74, 6) is 3.60.